The molecule has 0 bridgehead atoms. The van der Waals surface area contributed by atoms with Crippen LogP contribution in [0.4, 0.5) is 11.4 Å². The quantitative estimate of drug-likeness (QED) is 0.126. The molecule has 236 valence electrons. The van der Waals surface area contributed by atoms with Crippen LogP contribution in [0, 0.1) is 17.0 Å². The first-order chi connectivity index (χ1) is 20.8. The molecule has 0 fully saturated rings. The van der Waals surface area contributed by atoms with Crippen molar-refractivity contribution in [3.63, 3.8) is 0 Å². The van der Waals surface area contributed by atoms with Gasteiger partial charge in [0.25, 0.3) is 15.7 Å². The third kappa shape index (κ3) is 8.48. The van der Waals surface area contributed by atoms with Crippen molar-refractivity contribution in [3.8, 4) is 5.75 Å². The van der Waals surface area contributed by atoms with Crippen LogP contribution >= 0.6 is 27.5 Å². The number of hydrogen-bond donors (Lipinski definition) is 1. The molecule has 0 aliphatic rings. The van der Waals surface area contributed by atoms with E-state index in [1.807, 2.05) is 13.0 Å². The van der Waals surface area contributed by atoms with Crippen molar-refractivity contribution in [2.75, 3.05) is 24.5 Å². The van der Waals surface area contributed by atoms with Crippen LogP contribution in [0.2, 0.25) is 5.02 Å². The maximum Gasteiger partial charge on any atom is 0.273 e. The molecule has 1 atom stereocenters. The number of carbonyl (C=O) groups excluding carboxylic acids is 2. The van der Waals surface area contributed by atoms with E-state index in [2.05, 4.69) is 21.2 Å². The van der Waals surface area contributed by atoms with E-state index in [9.17, 15) is 28.1 Å². The number of aryl methyl sites for hydroxylation is 1. The number of sulfonamides is 1. The Balaban J connectivity index is 2.14. The number of hydrogen-bond acceptors (Lipinski definition) is 7. The number of nitro groups is 1. The summed E-state index contributed by atoms with van der Waals surface area (Å²) in [4.78, 5) is 39.1. The van der Waals surface area contributed by atoms with E-state index in [0.717, 1.165) is 27.7 Å². The number of methoxy groups -OCH3 is 1. The van der Waals surface area contributed by atoms with E-state index < -0.39 is 49.9 Å². The predicted octanol–water partition coefficient (Wildman–Crippen LogP) is 5.86. The fourth-order valence-corrected chi connectivity index (χ4v) is 6.45. The number of carbonyl (C=O) groups is 2. The summed E-state index contributed by atoms with van der Waals surface area (Å²) in [6.45, 7) is 4.70. The third-order valence-corrected chi connectivity index (χ3v) is 9.38. The predicted molar refractivity (Wildman–Crippen MR) is 172 cm³/mol. The minimum atomic E-state index is -4.61. The Morgan fingerprint density at radius 2 is 1.86 bits per heavy atom. The van der Waals surface area contributed by atoms with Crippen LogP contribution in [0.5, 0.6) is 5.75 Å². The molecular formula is C30H34BrClN4O7S. The first kappa shape index (κ1) is 34.8. The van der Waals surface area contributed by atoms with Gasteiger partial charge >= 0.3 is 0 Å². The molecule has 11 nitrogen and oxygen atoms in total. The number of amides is 2. The van der Waals surface area contributed by atoms with Gasteiger partial charge in [0.1, 0.15) is 18.3 Å². The molecule has 1 N–H and O–H groups in total. The molecule has 0 heterocycles. The number of rotatable bonds is 14. The van der Waals surface area contributed by atoms with Gasteiger partial charge in [-0.2, -0.15) is 0 Å². The van der Waals surface area contributed by atoms with Crippen molar-refractivity contribution in [1.82, 2.24) is 10.2 Å². The number of halogens is 2. The number of unbranched alkanes of at least 4 members (excludes halogenated alkanes) is 1. The van der Waals surface area contributed by atoms with Crippen molar-refractivity contribution in [3.05, 3.63) is 91.4 Å². The normalized spacial score (nSPS) is 11.9. The van der Waals surface area contributed by atoms with Crippen LogP contribution < -0.4 is 14.4 Å². The Bertz CT molecular complexity index is 1640. The van der Waals surface area contributed by atoms with E-state index in [4.69, 9.17) is 16.3 Å². The molecule has 3 aromatic rings. The molecule has 2 amide bonds. The highest BCUT2D eigenvalue weighted by molar-refractivity contribution is 9.10. The van der Waals surface area contributed by atoms with Crippen molar-refractivity contribution < 1.29 is 27.7 Å². The van der Waals surface area contributed by atoms with E-state index >= 15 is 0 Å². The average Bonchev–Trinajstić information content (AvgIpc) is 2.98. The second-order valence-electron chi connectivity index (χ2n) is 10.0. The van der Waals surface area contributed by atoms with Crippen molar-refractivity contribution in [2.24, 2.45) is 0 Å². The van der Waals surface area contributed by atoms with Gasteiger partial charge in [-0.1, -0.05) is 59.1 Å². The van der Waals surface area contributed by atoms with E-state index in [-0.39, 0.29) is 28.6 Å². The Kier molecular flexibility index (Phi) is 12.1. The SMILES string of the molecule is CCCCNC(=O)[C@H](C)N(Cc1cccc(Br)c1)C(=O)CN(c1cc(Cl)ccc1OC)S(=O)(=O)c1ccc(C)c([N+](=O)[O-])c1. The third-order valence-electron chi connectivity index (χ3n) is 6.89. The van der Waals surface area contributed by atoms with Gasteiger partial charge in [-0.25, -0.2) is 8.42 Å². The van der Waals surface area contributed by atoms with Gasteiger partial charge < -0.3 is 15.0 Å². The summed E-state index contributed by atoms with van der Waals surface area (Å²) in [5, 5.41) is 14.6. The molecule has 0 saturated carbocycles. The Morgan fingerprint density at radius 1 is 1.14 bits per heavy atom. The zero-order chi connectivity index (χ0) is 32.6. The highest BCUT2D eigenvalue weighted by Crippen LogP contribution is 2.36. The average molecular weight is 710 g/mol. The summed E-state index contributed by atoms with van der Waals surface area (Å²) in [7, 11) is -3.28. The Labute approximate surface area is 270 Å². The summed E-state index contributed by atoms with van der Waals surface area (Å²) >= 11 is 9.68. The van der Waals surface area contributed by atoms with Gasteiger partial charge in [0.2, 0.25) is 11.8 Å². The second kappa shape index (κ2) is 15.4. The van der Waals surface area contributed by atoms with Gasteiger partial charge in [-0.05, 0) is 62.2 Å². The van der Waals surface area contributed by atoms with Crippen LogP contribution in [0.3, 0.4) is 0 Å². The molecule has 14 heteroatoms. The van der Waals surface area contributed by atoms with E-state index in [1.54, 1.807) is 25.1 Å². The zero-order valence-electron chi connectivity index (χ0n) is 24.7. The summed E-state index contributed by atoms with van der Waals surface area (Å²) < 4.78 is 35.3. The molecule has 0 unspecified atom stereocenters. The minimum absolute atomic E-state index is 0.00277. The molecule has 0 aliphatic heterocycles. The fraction of sp³-hybridized carbons (Fsp3) is 0.333. The topological polar surface area (TPSA) is 139 Å². The van der Waals surface area contributed by atoms with Crippen LogP contribution in [0.15, 0.2) is 70.0 Å². The molecule has 0 aromatic heterocycles. The van der Waals surface area contributed by atoms with Crippen molar-refractivity contribution in [2.45, 2.75) is 51.1 Å². The highest BCUT2D eigenvalue weighted by atomic mass is 79.9. The van der Waals surface area contributed by atoms with Gasteiger partial charge in [0.15, 0.2) is 0 Å². The van der Waals surface area contributed by atoms with E-state index in [0.29, 0.717) is 12.1 Å². The van der Waals surface area contributed by atoms with Crippen molar-refractivity contribution in [1.29, 1.82) is 0 Å². The first-order valence-corrected chi connectivity index (χ1v) is 16.3. The van der Waals surface area contributed by atoms with Gasteiger partial charge in [-0.15, -0.1) is 0 Å². The highest BCUT2D eigenvalue weighted by Gasteiger charge is 2.35. The lowest BCUT2D eigenvalue weighted by Gasteiger charge is -2.32. The maximum atomic E-state index is 14.2. The summed E-state index contributed by atoms with van der Waals surface area (Å²) in [6, 6.07) is 14.0. The monoisotopic (exact) mass is 708 g/mol. The molecule has 3 aromatic carbocycles. The number of nitrogens with zero attached hydrogens (tertiary/aromatic N) is 3. The number of nitrogens with one attached hydrogen (secondary N) is 1. The summed E-state index contributed by atoms with van der Waals surface area (Å²) in [6.07, 6.45) is 1.61. The fourth-order valence-electron chi connectivity index (χ4n) is 4.40. The maximum absolute atomic E-state index is 14.2. The summed E-state index contributed by atoms with van der Waals surface area (Å²) in [5.74, 6) is -1.00. The molecule has 3 rings (SSSR count). The van der Waals surface area contributed by atoms with Crippen molar-refractivity contribution >= 4 is 60.7 Å². The number of anilines is 1. The minimum Gasteiger partial charge on any atom is -0.495 e. The molecule has 0 spiro atoms. The lowest BCUT2D eigenvalue weighted by atomic mass is 10.1. The van der Waals surface area contributed by atoms with Crippen LogP contribution in [0.25, 0.3) is 0 Å². The Morgan fingerprint density at radius 3 is 2.50 bits per heavy atom. The van der Waals surface area contributed by atoms with Gasteiger partial charge in [0, 0.05) is 34.2 Å². The first-order valence-electron chi connectivity index (χ1n) is 13.7. The second-order valence-corrected chi connectivity index (χ2v) is 13.2. The molecular weight excluding hydrogens is 676 g/mol. The smallest absolute Gasteiger partial charge is 0.273 e. The molecule has 44 heavy (non-hydrogen) atoms. The molecule has 0 saturated heterocycles. The van der Waals surface area contributed by atoms with Crippen LogP contribution in [-0.4, -0.2) is 56.3 Å². The number of nitro benzene ring substituents is 1. The molecule has 0 radical (unpaired) electrons. The van der Waals surface area contributed by atoms with E-state index in [1.165, 1.54) is 49.3 Å². The zero-order valence-corrected chi connectivity index (χ0v) is 27.9. The van der Waals surface area contributed by atoms with Crippen LogP contribution in [0.1, 0.15) is 37.8 Å². The summed E-state index contributed by atoms with van der Waals surface area (Å²) in [5.41, 5.74) is 0.507. The van der Waals surface area contributed by atoms with Crippen LogP contribution in [-0.2, 0) is 26.2 Å². The number of benzene rings is 3. The largest absolute Gasteiger partial charge is 0.495 e. The van der Waals surface area contributed by atoms with Gasteiger partial charge in [-0.3, -0.25) is 24.0 Å². The number of ether oxygens (including phenoxy) is 1. The Hall–Kier alpha value is -3.68. The lowest BCUT2D eigenvalue weighted by molar-refractivity contribution is -0.385. The standard InChI is InChI=1S/C30H34BrClN4O7S/c1-5-6-14-33-30(38)21(3)34(18-22-8-7-9-23(31)15-22)29(37)19-35(27-16-24(32)11-13-28(27)43-4)44(41,42)25-12-10-20(2)26(17-25)36(39)40/h7-13,15-17,21H,5-6,14,18-19H2,1-4H3,(H,33,38)/t21-/m0/s1. The van der Waals surface area contributed by atoms with Gasteiger partial charge in [0.05, 0.1) is 22.6 Å². The lowest BCUT2D eigenvalue weighted by Crippen LogP contribution is -2.51. The molecule has 0 aliphatic carbocycles.